The van der Waals surface area contributed by atoms with Gasteiger partial charge in [-0.1, -0.05) is 12.5 Å². The van der Waals surface area contributed by atoms with Crippen molar-refractivity contribution in [3.8, 4) is 5.75 Å². The topological polar surface area (TPSA) is 85.6 Å². The number of esters is 1. The monoisotopic (exact) mass is 329 g/mol. The summed E-state index contributed by atoms with van der Waals surface area (Å²) >= 11 is 0. The van der Waals surface area contributed by atoms with Gasteiger partial charge in [-0.05, 0) is 37.6 Å². The van der Waals surface area contributed by atoms with E-state index in [2.05, 4.69) is 9.88 Å². The summed E-state index contributed by atoms with van der Waals surface area (Å²) in [5.41, 5.74) is 0.972. The molecule has 0 amide bonds. The number of carbonyl (C=O) groups is 1. The van der Waals surface area contributed by atoms with Gasteiger partial charge in [-0.25, -0.2) is 0 Å². The number of nitro benzene ring substituents is 1. The smallest absolute Gasteiger partial charge is 0.314 e. The highest BCUT2D eigenvalue weighted by Crippen LogP contribution is 2.37. The fraction of sp³-hybridized carbons (Fsp3) is 0.412. The van der Waals surface area contributed by atoms with Gasteiger partial charge in [0, 0.05) is 31.1 Å². The third kappa shape index (κ3) is 3.35. The Bertz CT molecular complexity index is 785. The number of fused-ring (bicyclic) bond motifs is 1. The second-order valence-electron chi connectivity index (χ2n) is 5.97. The average Bonchev–Trinajstić information content (AvgIpc) is 2.57. The van der Waals surface area contributed by atoms with Crippen molar-refractivity contribution >= 4 is 22.6 Å². The molecule has 1 saturated heterocycles. The maximum Gasteiger partial charge on any atom is 0.314 e. The summed E-state index contributed by atoms with van der Waals surface area (Å²) in [6.45, 7) is 3.83. The predicted molar refractivity (Wildman–Crippen MR) is 88.8 cm³/mol. The Morgan fingerprint density at radius 2 is 2.12 bits per heavy atom. The van der Waals surface area contributed by atoms with Crippen molar-refractivity contribution < 1.29 is 14.5 Å². The van der Waals surface area contributed by atoms with Crippen LogP contribution in [0.5, 0.6) is 5.75 Å². The Kier molecular flexibility index (Phi) is 4.71. The molecule has 0 atom stereocenters. The van der Waals surface area contributed by atoms with Crippen molar-refractivity contribution in [3.63, 3.8) is 0 Å². The van der Waals surface area contributed by atoms with Crippen LogP contribution in [0.15, 0.2) is 24.4 Å². The number of piperidine rings is 1. The summed E-state index contributed by atoms with van der Waals surface area (Å²) in [6, 6.07) is 5.15. The van der Waals surface area contributed by atoms with Gasteiger partial charge in [0.15, 0.2) is 0 Å². The van der Waals surface area contributed by atoms with E-state index in [0.29, 0.717) is 12.1 Å². The first-order chi connectivity index (χ1) is 11.6. The van der Waals surface area contributed by atoms with Gasteiger partial charge in [0.1, 0.15) is 5.52 Å². The standard InChI is InChI=1S/C17H19N3O4/c1-12(21)24-17-15(20(22)23)10-13(11-19-8-3-2-4-9-19)14-6-5-7-18-16(14)17/h5-7,10H,2-4,8-9,11H2,1H3. The molecule has 0 N–H and O–H groups in total. The second-order valence-corrected chi connectivity index (χ2v) is 5.97. The minimum Gasteiger partial charge on any atom is -0.417 e. The van der Waals surface area contributed by atoms with E-state index in [1.165, 1.54) is 19.4 Å². The van der Waals surface area contributed by atoms with Crippen LogP contribution in [-0.4, -0.2) is 33.9 Å². The zero-order valence-corrected chi connectivity index (χ0v) is 13.5. The van der Waals surface area contributed by atoms with E-state index in [9.17, 15) is 14.9 Å². The van der Waals surface area contributed by atoms with Crippen LogP contribution in [-0.2, 0) is 11.3 Å². The fourth-order valence-corrected chi connectivity index (χ4v) is 3.14. The molecule has 7 nitrogen and oxygen atoms in total. The second kappa shape index (κ2) is 6.92. The van der Waals surface area contributed by atoms with Crippen molar-refractivity contribution in [2.45, 2.75) is 32.7 Å². The molecule has 7 heteroatoms. The number of carbonyl (C=O) groups excluding carboxylic acids is 1. The summed E-state index contributed by atoms with van der Waals surface area (Å²) in [7, 11) is 0. The number of nitro groups is 1. The number of nitrogens with zero attached hydrogens (tertiary/aromatic N) is 3. The van der Waals surface area contributed by atoms with Crippen LogP contribution in [0.3, 0.4) is 0 Å². The lowest BCUT2D eigenvalue weighted by Gasteiger charge is -2.26. The van der Waals surface area contributed by atoms with Crippen LogP contribution in [0.25, 0.3) is 10.9 Å². The number of likely N-dealkylation sites (tertiary alicyclic amines) is 1. The molecule has 0 radical (unpaired) electrons. The Hall–Kier alpha value is -2.54. The van der Waals surface area contributed by atoms with Crippen LogP contribution in [0.2, 0.25) is 0 Å². The zero-order chi connectivity index (χ0) is 17.1. The van der Waals surface area contributed by atoms with Gasteiger partial charge in [-0.2, -0.15) is 0 Å². The Morgan fingerprint density at radius 3 is 2.79 bits per heavy atom. The lowest BCUT2D eigenvalue weighted by molar-refractivity contribution is -0.385. The molecular formula is C17H19N3O4. The maximum atomic E-state index is 11.5. The van der Waals surface area contributed by atoms with E-state index >= 15 is 0 Å². The van der Waals surface area contributed by atoms with Crippen LogP contribution in [0.1, 0.15) is 31.7 Å². The third-order valence-corrected chi connectivity index (χ3v) is 4.20. The van der Waals surface area contributed by atoms with Gasteiger partial charge >= 0.3 is 11.7 Å². The normalized spacial score (nSPS) is 15.4. The van der Waals surface area contributed by atoms with E-state index in [1.807, 2.05) is 6.07 Å². The molecule has 0 spiro atoms. The van der Waals surface area contributed by atoms with Crippen LogP contribution in [0, 0.1) is 10.1 Å². The van der Waals surface area contributed by atoms with Crippen molar-refractivity contribution in [1.82, 2.24) is 9.88 Å². The predicted octanol–water partition coefficient (Wildman–Crippen LogP) is 3.05. The molecule has 1 aromatic heterocycles. The molecule has 0 saturated carbocycles. The molecule has 1 fully saturated rings. The third-order valence-electron chi connectivity index (χ3n) is 4.20. The van der Waals surface area contributed by atoms with Gasteiger partial charge in [0.2, 0.25) is 5.75 Å². The van der Waals surface area contributed by atoms with Crippen LogP contribution >= 0.6 is 0 Å². The molecule has 126 valence electrons. The first-order valence-electron chi connectivity index (χ1n) is 8.02. The summed E-state index contributed by atoms with van der Waals surface area (Å²) < 4.78 is 5.11. The molecule has 0 aliphatic carbocycles. The molecule has 24 heavy (non-hydrogen) atoms. The summed E-state index contributed by atoms with van der Waals surface area (Å²) in [4.78, 5) is 28.8. The summed E-state index contributed by atoms with van der Waals surface area (Å²) in [5, 5.41) is 12.2. The molecule has 2 aromatic rings. The van der Waals surface area contributed by atoms with Gasteiger partial charge < -0.3 is 4.74 Å². The van der Waals surface area contributed by atoms with Crippen LogP contribution in [0.4, 0.5) is 5.69 Å². The SMILES string of the molecule is CC(=O)Oc1c([N+](=O)[O-])cc(CN2CCCCC2)c2cccnc12. The number of benzene rings is 1. The van der Waals surface area contributed by atoms with E-state index in [1.54, 1.807) is 12.3 Å². The van der Waals surface area contributed by atoms with E-state index < -0.39 is 10.9 Å². The highest BCUT2D eigenvalue weighted by atomic mass is 16.6. The van der Waals surface area contributed by atoms with Crippen molar-refractivity contribution in [2.24, 2.45) is 0 Å². The van der Waals surface area contributed by atoms with Crippen molar-refractivity contribution in [3.05, 3.63) is 40.1 Å². The largest absolute Gasteiger partial charge is 0.417 e. The quantitative estimate of drug-likeness (QED) is 0.371. The van der Waals surface area contributed by atoms with Crippen LogP contribution < -0.4 is 4.74 Å². The molecular weight excluding hydrogens is 310 g/mol. The summed E-state index contributed by atoms with van der Waals surface area (Å²) in [5.74, 6) is -0.681. The van der Waals surface area contributed by atoms with Gasteiger partial charge in [-0.3, -0.25) is 24.8 Å². The lowest BCUT2D eigenvalue weighted by Crippen LogP contribution is -2.29. The molecule has 1 aromatic carbocycles. The number of aromatic nitrogens is 1. The first-order valence-corrected chi connectivity index (χ1v) is 8.02. The zero-order valence-electron chi connectivity index (χ0n) is 13.5. The van der Waals surface area contributed by atoms with Gasteiger partial charge in [-0.15, -0.1) is 0 Å². The Balaban J connectivity index is 2.11. The number of ether oxygens (including phenoxy) is 1. The van der Waals surface area contributed by atoms with Crippen molar-refractivity contribution in [1.29, 1.82) is 0 Å². The highest BCUT2D eigenvalue weighted by molar-refractivity contribution is 5.93. The fourth-order valence-electron chi connectivity index (χ4n) is 3.14. The Morgan fingerprint density at radius 1 is 1.38 bits per heavy atom. The molecule has 2 heterocycles. The maximum absolute atomic E-state index is 11.5. The molecule has 1 aliphatic heterocycles. The number of hydrogen-bond donors (Lipinski definition) is 0. The molecule has 0 bridgehead atoms. The number of hydrogen-bond acceptors (Lipinski definition) is 6. The van der Waals surface area contributed by atoms with E-state index in [4.69, 9.17) is 4.74 Å². The number of rotatable bonds is 4. The average molecular weight is 329 g/mol. The van der Waals surface area contributed by atoms with E-state index in [0.717, 1.165) is 36.9 Å². The highest BCUT2D eigenvalue weighted by Gasteiger charge is 2.25. The lowest BCUT2D eigenvalue weighted by atomic mass is 10.0. The van der Waals surface area contributed by atoms with Gasteiger partial charge in [0.05, 0.1) is 4.92 Å². The first kappa shape index (κ1) is 16.3. The number of pyridine rings is 1. The van der Waals surface area contributed by atoms with E-state index in [-0.39, 0.29) is 11.4 Å². The molecule has 3 rings (SSSR count). The molecule has 1 aliphatic rings. The van der Waals surface area contributed by atoms with Gasteiger partial charge in [0.25, 0.3) is 0 Å². The summed E-state index contributed by atoms with van der Waals surface area (Å²) in [6.07, 6.45) is 5.06. The minimum absolute atomic E-state index is 0.0782. The van der Waals surface area contributed by atoms with Crippen molar-refractivity contribution in [2.75, 3.05) is 13.1 Å². The molecule has 0 unspecified atom stereocenters. The minimum atomic E-state index is -0.603. The Labute approximate surface area is 139 Å².